The van der Waals surface area contributed by atoms with Crippen LogP contribution in [0.1, 0.15) is 17.7 Å². The van der Waals surface area contributed by atoms with E-state index in [-0.39, 0.29) is 11.9 Å². The first-order valence-electron chi connectivity index (χ1n) is 6.24. The zero-order valence-corrected chi connectivity index (χ0v) is 11.3. The highest BCUT2D eigenvalue weighted by Gasteiger charge is 2.08. The predicted octanol–water partition coefficient (Wildman–Crippen LogP) is 3.38. The second kappa shape index (κ2) is 6.64. The van der Waals surface area contributed by atoms with Gasteiger partial charge in [0.1, 0.15) is 5.82 Å². The van der Waals surface area contributed by atoms with Gasteiger partial charge in [-0.15, -0.1) is 0 Å². The summed E-state index contributed by atoms with van der Waals surface area (Å²) in [5, 5.41) is 0.438. The average molecular weight is 279 g/mol. The summed E-state index contributed by atoms with van der Waals surface area (Å²) in [5.41, 5.74) is 8.00. The van der Waals surface area contributed by atoms with Crippen LogP contribution in [-0.2, 0) is 12.8 Å². The molecule has 0 saturated heterocycles. The molecule has 0 aliphatic carbocycles. The minimum Gasteiger partial charge on any atom is -0.327 e. The monoisotopic (exact) mass is 278 g/mol. The van der Waals surface area contributed by atoms with Crippen LogP contribution in [0.5, 0.6) is 0 Å². The Morgan fingerprint density at radius 1 is 1.26 bits per heavy atom. The van der Waals surface area contributed by atoms with Crippen LogP contribution in [-0.4, -0.2) is 11.0 Å². The third-order valence-electron chi connectivity index (χ3n) is 2.99. The standard InChI is InChI=1S/C15H16ClFN2/c16-15-10-12(17)5-4-11(15)9-13(18)6-7-14-3-1-2-8-19-14/h1-5,8,10,13H,6-7,9,18H2. The normalized spacial score (nSPS) is 12.4. The summed E-state index contributed by atoms with van der Waals surface area (Å²) < 4.78 is 12.9. The zero-order chi connectivity index (χ0) is 13.7. The Balaban J connectivity index is 1.89. The van der Waals surface area contributed by atoms with Crippen LogP contribution in [0.3, 0.4) is 0 Å². The van der Waals surface area contributed by atoms with E-state index < -0.39 is 0 Å². The van der Waals surface area contributed by atoms with Crippen LogP contribution in [0.25, 0.3) is 0 Å². The number of rotatable bonds is 5. The molecule has 1 aromatic heterocycles. The zero-order valence-electron chi connectivity index (χ0n) is 10.5. The van der Waals surface area contributed by atoms with Crippen LogP contribution >= 0.6 is 11.6 Å². The van der Waals surface area contributed by atoms with E-state index >= 15 is 0 Å². The van der Waals surface area contributed by atoms with Crippen LogP contribution < -0.4 is 5.73 Å². The molecule has 0 saturated carbocycles. The molecule has 0 amide bonds. The van der Waals surface area contributed by atoms with Crippen LogP contribution in [0.4, 0.5) is 4.39 Å². The lowest BCUT2D eigenvalue weighted by Crippen LogP contribution is -2.23. The molecule has 0 bridgehead atoms. The van der Waals surface area contributed by atoms with E-state index in [1.54, 1.807) is 12.3 Å². The fraction of sp³-hybridized carbons (Fsp3) is 0.267. The lowest BCUT2D eigenvalue weighted by Gasteiger charge is -2.12. The molecular weight excluding hydrogens is 263 g/mol. The molecule has 1 heterocycles. The number of nitrogens with zero attached hydrogens (tertiary/aromatic N) is 1. The Kier molecular flexibility index (Phi) is 4.88. The second-order valence-corrected chi connectivity index (χ2v) is 4.97. The number of nitrogens with two attached hydrogens (primary N) is 1. The highest BCUT2D eigenvalue weighted by Crippen LogP contribution is 2.19. The maximum atomic E-state index is 12.9. The molecule has 100 valence electrons. The van der Waals surface area contributed by atoms with Gasteiger partial charge < -0.3 is 5.73 Å². The number of hydrogen-bond acceptors (Lipinski definition) is 2. The van der Waals surface area contributed by atoms with E-state index in [1.165, 1.54) is 12.1 Å². The Morgan fingerprint density at radius 3 is 2.79 bits per heavy atom. The van der Waals surface area contributed by atoms with E-state index in [0.29, 0.717) is 11.4 Å². The summed E-state index contributed by atoms with van der Waals surface area (Å²) in [4.78, 5) is 4.26. The summed E-state index contributed by atoms with van der Waals surface area (Å²) in [6.07, 6.45) is 4.08. The highest BCUT2D eigenvalue weighted by atomic mass is 35.5. The number of halogens is 2. The fourth-order valence-electron chi connectivity index (χ4n) is 1.95. The van der Waals surface area contributed by atoms with Gasteiger partial charge in [-0.25, -0.2) is 4.39 Å². The van der Waals surface area contributed by atoms with E-state index in [0.717, 1.165) is 24.1 Å². The van der Waals surface area contributed by atoms with Gasteiger partial charge in [-0.05, 0) is 49.1 Å². The van der Waals surface area contributed by atoms with Gasteiger partial charge in [-0.1, -0.05) is 23.7 Å². The molecule has 2 rings (SSSR count). The third-order valence-corrected chi connectivity index (χ3v) is 3.35. The molecule has 2 nitrogen and oxygen atoms in total. The number of aryl methyl sites for hydroxylation is 1. The topological polar surface area (TPSA) is 38.9 Å². The average Bonchev–Trinajstić information content (AvgIpc) is 2.41. The van der Waals surface area contributed by atoms with Gasteiger partial charge in [0.05, 0.1) is 0 Å². The number of pyridine rings is 1. The van der Waals surface area contributed by atoms with Gasteiger partial charge in [0.15, 0.2) is 0 Å². The van der Waals surface area contributed by atoms with E-state index in [2.05, 4.69) is 4.98 Å². The largest absolute Gasteiger partial charge is 0.327 e. The van der Waals surface area contributed by atoms with Crippen molar-refractivity contribution in [3.63, 3.8) is 0 Å². The van der Waals surface area contributed by atoms with E-state index in [1.807, 2.05) is 18.2 Å². The summed E-state index contributed by atoms with van der Waals surface area (Å²) in [7, 11) is 0. The van der Waals surface area contributed by atoms with Gasteiger partial charge in [-0.3, -0.25) is 4.98 Å². The number of aromatic nitrogens is 1. The summed E-state index contributed by atoms with van der Waals surface area (Å²) in [5.74, 6) is -0.323. The lowest BCUT2D eigenvalue weighted by atomic mass is 10.0. The SMILES string of the molecule is NC(CCc1ccccn1)Cc1ccc(F)cc1Cl. The minimum absolute atomic E-state index is 0.00929. The van der Waals surface area contributed by atoms with Crippen molar-refractivity contribution in [1.82, 2.24) is 4.98 Å². The van der Waals surface area contributed by atoms with Crippen LogP contribution in [0.2, 0.25) is 5.02 Å². The molecule has 0 radical (unpaired) electrons. The second-order valence-electron chi connectivity index (χ2n) is 4.56. The van der Waals surface area contributed by atoms with Crippen molar-refractivity contribution < 1.29 is 4.39 Å². The Morgan fingerprint density at radius 2 is 2.11 bits per heavy atom. The van der Waals surface area contributed by atoms with Gasteiger partial charge in [-0.2, -0.15) is 0 Å². The van der Waals surface area contributed by atoms with Crippen LogP contribution in [0.15, 0.2) is 42.6 Å². The first-order valence-corrected chi connectivity index (χ1v) is 6.62. The summed E-state index contributed by atoms with van der Waals surface area (Å²) >= 11 is 5.98. The number of hydrogen-bond donors (Lipinski definition) is 1. The quantitative estimate of drug-likeness (QED) is 0.911. The predicted molar refractivity (Wildman–Crippen MR) is 75.6 cm³/mol. The first-order chi connectivity index (χ1) is 9.15. The molecule has 0 aliphatic rings. The molecule has 0 spiro atoms. The highest BCUT2D eigenvalue weighted by molar-refractivity contribution is 6.31. The Labute approximate surface area is 117 Å². The molecule has 4 heteroatoms. The first kappa shape index (κ1) is 14.0. The van der Waals surface area contributed by atoms with E-state index in [9.17, 15) is 4.39 Å². The van der Waals surface area contributed by atoms with Gasteiger partial charge in [0.2, 0.25) is 0 Å². The van der Waals surface area contributed by atoms with Crippen molar-refractivity contribution in [3.8, 4) is 0 Å². The molecule has 19 heavy (non-hydrogen) atoms. The van der Waals surface area contributed by atoms with E-state index in [4.69, 9.17) is 17.3 Å². The van der Waals surface area contributed by atoms with Crippen molar-refractivity contribution in [2.24, 2.45) is 5.73 Å². The molecule has 2 N–H and O–H groups in total. The maximum absolute atomic E-state index is 12.9. The van der Waals surface area contributed by atoms with Crippen molar-refractivity contribution in [2.75, 3.05) is 0 Å². The Bertz CT molecular complexity index is 531. The third kappa shape index (κ3) is 4.30. The molecule has 0 aliphatic heterocycles. The maximum Gasteiger partial charge on any atom is 0.124 e. The summed E-state index contributed by atoms with van der Waals surface area (Å²) in [6, 6.07) is 10.3. The summed E-state index contributed by atoms with van der Waals surface area (Å²) in [6.45, 7) is 0. The van der Waals surface area contributed by atoms with Gasteiger partial charge >= 0.3 is 0 Å². The molecule has 1 aromatic carbocycles. The lowest BCUT2D eigenvalue weighted by molar-refractivity contribution is 0.601. The molecule has 2 aromatic rings. The Hall–Kier alpha value is -1.45. The van der Waals surface area contributed by atoms with Crippen molar-refractivity contribution in [3.05, 3.63) is 64.7 Å². The molecule has 1 unspecified atom stereocenters. The molecular formula is C15H16ClFN2. The van der Waals surface area contributed by atoms with Crippen molar-refractivity contribution in [1.29, 1.82) is 0 Å². The fourth-order valence-corrected chi connectivity index (χ4v) is 2.20. The van der Waals surface area contributed by atoms with Crippen molar-refractivity contribution in [2.45, 2.75) is 25.3 Å². The van der Waals surface area contributed by atoms with Crippen molar-refractivity contribution >= 4 is 11.6 Å². The van der Waals surface area contributed by atoms with Crippen LogP contribution in [0, 0.1) is 5.82 Å². The smallest absolute Gasteiger partial charge is 0.124 e. The molecule has 0 fully saturated rings. The van der Waals surface area contributed by atoms with Gasteiger partial charge in [0, 0.05) is 23.0 Å². The van der Waals surface area contributed by atoms with Gasteiger partial charge in [0.25, 0.3) is 0 Å². The minimum atomic E-state index is -0.323. The molecule has 1 atom stereocenters. The number of benzene rings is 1.